The molecule has 7 heteroatoms. The van der Waals surface area contributed by atoms with Gasteiger partial charge >= 0.3 is 5.51 Å². The van der Waals surface area contributed by atoms with Crippen molar-refractivity contribution in [1.82, 2.24) is 9.55 Å². The molecule has 1 aromatic heterocycles. The Kier molecular flexibility index (Phi) is 3.18. The first-order valence-electron chi connectivity index (χ1n) is 3.25. The molecule has 0 aliphatic rings. The maximum atomic E-state index is 11.9. The number of hydrogen-bond donors (Lipinski definition) is 0. The predicted molar refractivity (Wildman–Crippen MR) is 46.9 cm³/mol. The molecule has 74 valence electrons. The van der Waals surface area contributed by atoms with Gasteiger partial charge in [-0.15, -0.1) is 0 Å². The second-order valence-electron chi connectivity index (χ2n) is 2.22. The third kappa shape index (κ3) is 3.15. The lowest BCUT2D eigenvalue weighted by Gasteiger charge is -2.00. The molecule has 0 bridgehead atoms. The van der Waals surface area contributed by atoms with Gasteiger partial charge in [0.2, 0.25) is 0 Å². The third-order valence-electron chi connectivity index (χ3n) is 1.21. The third-order valence-corrected chi connectivity index (χ3v) is 2.60. The molecule has 0 fully saturated rings. The van der Waals surface area contributed by atoms with Gasteiger partial charge in [-0.25, -0.2) is 4.98 Å². The molecule has 2 nitrogen and oxygen atoms in total. The highest BCUT2D eigenvalue weighted by molar-refractivity contribution is 8.00. The van der Waals surface area contributed by atoms with Gasteiger partial charge in [-0.2, -0.15) is 13.2 Å². The number of halogens is 3. The SMILES string of the molecule is CSc1nc(SC(F)(F)F)cn1C. The van der Waals surface area contributed by atoms with Crippen LogP contribution in [0.25, 0.3) is 0 Å². The molecule has 1 heterocycles. The van der Waals surface area contributed by atoms with Crippen LogP contribution in [0.15, 0.2) is 16.4 Å². The molecule has 0 unspecified atom stereocenters. The van der Waals surface area contributed by atoms with Crippen LogP contribution in [0, 0.1) is 0 Å². The molecule has 1 rings (SSSR count). The van der Waals surface area contributed by atoms with Gasteiger partial charge in [0, 0.05) is 25.0 Å². The molecule has 0 N–H and O–H groups in total. The number of nitrogens with zero attached hydrogens (tertiary/aromatic N) is 2. The van der Waals surface area contributed by atoms with Gasteiger partial charge in [-0.3, -0.25) is 0 Å². The van der Waals surface area contributed by atoms with Crippen molar-refractivity contribution in [2.45, 2.75) is 15.7 Å². The van der Waals surface area contributed by atoms with E-state index in [9.17, 15) is 13.2 Å². The minimum absolute atomic E-state index is 0.0145. The van der Waals surface area contributed by atoms with Gasteiger partial charge in [0.25, 0.3) is 0 Å². The number of alkyl halides is 3. The first-order valence-corrected chi connectivity index (χ1v) is 5.29. The number of imidazole rings is 1. The zero-order valence-corrected chi connectivity index (χ0v) is 8.56. The van der Waals surface area contributed by atoms with E-state index in [-0.39, 0.29) is 16.8 Å². The standard InChI is InChI=1S/C6H7F3N2S2/c1-11-3-4(10-5(11)12-2)13-6(7,8)9/h3H,1-2H3. The fraction of sp³-hybridized carbons (Fsp3) is 0.500. The van der Waals surface area contributed by atoms with Crippen LogP contribution in [0.1, 0.15) is 0 Å². The van der Waals surface area contributed by atoms with Gasteiger partial charge in [0.05, 0.1) is 0 Å². The average Bonchev–Trinajstić information content (AvgIpc) is 2.26. The minimum atomic E-state index is -4.26. The summed E-state index contributed by atoms with van der Waals surface area (Å²) < 4.78 is 37.2. The fourth-order valence-electron chi connectivity index (χ4n) is 0.780. The molecule has 0 aliphatic heterocycles. The van der Waals surface area contributed by atoms with E-state index in [0.717, 1.165) is 0 Å². The smallest absolute Gasteiger partial charge is 0.328 e. The highest BCUT2D eigenvalue weighted by Gasteiger charge is 2.30. The molecule has 0 amide bonds. The van der Waals surface area contributed by atoms with Crippen molar-refractivity contribution in [3.8, 4) is 0 Å². The van der Waals surface area contributed by atoms with Crippen LogP contribution in [-0.4, -0.2) is 21.3 Å². The van der Waals surface area contributed by atoms with E-state index in [1.54, 1.807) is 17.9 Å². The summed E-state index contributed by atoms with van der Waals surface area (Å²) in [5.41, 5.74) is -4.26. The van der Waals surface area contributed by atoms with Gasteiger partial charge in [0.15, 0.2) is 5.16 Å². The maximum absolute atomic E-state index is 11.9. The summed E-state index contributed by atoms with van der Waals surface area (Å²) >= 11 is 1.12. The molecule has 0 spiro atoms. The van der Waals surface area contributed by atoms with E-state index in [1.807, 2.05) is 0 Å². The van der Waals surface area contributed by atoms with E-state index in [2.05, 4.69) is 4.98 Å². The van der Waals surface area contributed by atoms with E-state index >= 15 is 0 Å². The Labute approximate surface area is 81.9 Å². The summed E-state index contributed by atoms with van der Waals surface area (Å²) in [6.07, 6.45) is 3.13. The quantitative estimate of drug-likeness (QED) is 0.725. The summed E-state index contributed by atoms with van der Waals surface area (Å²) in [6, 6.07) is 0. The number of rotatable bonds is 2. The van der Waals surface area contributed by atoms with Crippen molar-refractivity contribution < 1.29 is 13.2 Å². The summed E-state index contributed by atoms with van der Waals surface area (Å²) in [4.78, 5) is 3.78. The molecule has 0 atom stereocenters. The summed E-state index contributed by atoms with van der Waals surface area (Å²) in [5, 5.41) is 0.561. The number of aryl methyl sites for hydroxylation is 1. The van der Waals surface area contributed by atoms with Gasteiger partial charge in [0.1, 0.15) is 5.03 Å². The van der Waals surface area contributed by atoms with Crippen LogP contribution in [-0.2, 0) is 7.05 Å². The van der Waals surface area contributed by atoms with Crippen LogP contribution < -0.4 is 0 Å². The van der Waals surface area contributed by atoms with Crippen molar-refractivity contribution in [2.75, 3.05) is 6.26 Å². The Morgan fingerprint density at radius 1 is 1.46 bits per heavy atom. The van der Waals surface area contributed by atoms with Gasteiger partial charge < -0.3 is 4.57 Å². The van der Waals surface area contributed by atoms with E-state index in [0.29, 0.717) is 5.16 Å². The monoisotopic (exact) mass is 228 g/mol. The zero-order chi connectivity index (χ0) is 10.1. The molecular formula is C6H7F3N2S2. The van der Waals surface area contributed by atoms with E-state index < -0.39 is 5.51 Å². The van der Waals surface area contributed by atoms with Crippen LogP contribution in [0.5, 0.6) is 0 Å². The van der Waals surface area contributed by atoms with Crippen molar-refractivity contribution in [1.29, 1.82) is 0 Å². The lowest BCUT2D eigenvalue weighted by molar-refractivity contribution is -0.0329. The van der Waals surface area contributed by atoms with Crippen LogP contribution in [0.3, 0.4) is 0 Å². The second kappa shape index (κ2) is 3.83. The number of aromatic nitrogens is 2. The Hall–Kier alpha value is -0.300. The maximum Gasteiger partial charge on any atom is 0.447 e. The number of hydrogen-bond acceptors (Lipinski definition) is 3. The van der Waals surface area contributed by atoms with Gasteiger partial charge in [-0.1, -0.05) is 11.8 Å². The Morgan fingerprint density at radius 2 is 2.08 bits per heavy atom. The first kappa shape index (κ1) is 10.8. The Bertz CT molecular complexity index is 295. The second-order valence-corrected chi connectivity index (χ2v) is 4.08. The summed E-state index contributed by atoms with van der Waals surface area (Å²) in [7, 11) is 1.67. The Balaban J connectivity index is 2.80. The highest BCUT2D eigenvalue weighted by atomic mass is 32.2. The van der Waals surface area contributed by atoms with Crippen molar-refractivity contribution in [2.24, 2.45) is 7.05 Å². The molecule has 13 heavy (non-hydrogen) atoms. The van der Waals surface area contributed by atoms with Gasteiger partial charge in [-0.05, 0) is 6.26 Å². The van der Waals surface area contributed by atoms with Crippen molar-refractivity contribution in [3.63, 3.8) is 0 Å². The minimum Gasteiger partial charge on any atom is -0.328 e. The van der Waals surface area contributed by atoms with Crippen molar-refractivity contribution >= 4 is 23.5 Å². The normalized spacial score (nSPS) is 12.1. The molecular weight excluding hydrogens is 221 g/mol. The highest BCUT2D eigenvalue weighted by Crippen LogP contribution is 2.36. The van der Waals surface area contributed by atoms with E-state index in [4.69, 9.17) is 0 Å². The summed E-state index contributed by atoms with van der Waals surface area (Å²) in [6.45, 7) is 0. The topological polar surface area (TPSA) is 17.8 Å². The lowest BCUT2D eigenvalue weighted by atomic mass is 10.9. The van der Waals surface area contributed by atoms with Crippen LogP contribution in [0.4, 0.5) is 13.2 Å². The predicted octanol–water partition coefficient (Wildman–Crippen LogP) is 2.75. The Morgan fingerprint density at radius 3 is 2.46 bits per heavy atom. The van der Waals surface area contributed by atoms with Crippen LogP contribution in [0.2, 0.25) is 0 Å². The van der Waals surface area contributed by atoms with E-state index in [1.165, 1.54) is 18.0 Å². The lowest BCUT2D eigenvalue weighted by Crippen LogP contribution is -1.98. The molecule has 0 saturated heterocycles. The largest absolute Gasteiger partial charge is 0.447 e. The average molecular weight is 228 g/mol. The fourth-order valence-corrected chi connectivity index (χ4v) is 1.95. The number of thioether (sulfide) groups is 2. The molecule has 0 aromatic carbocycles. The summed E-state index contributed by atoms with van der Waals surface area (Å²) in [5.74, 6) is 0. The zero-order valence-electron chi connectivity index (χ0n) is 6.92. The van der Waals surface area contributed by atoms with Crippen molar-refractivity contribution in [3.05, 3.63) is 6.20 Å². The molecule has 0 saturated carbocycles. The van der Waals surface area contributed by atoms with Crippen LogP contribution >= 0.6 is 23.5 Å². The molecule has 1 aromatic rings. The first-order chi connectivity index (χ1) is 5.92. The molecule has 0 radical (unpaired) electrons. The molecule has 0 aliphatic carbocycles.